The molecular formula is C18H24N2OS. The summed E-state index contributed by atoms with van der Waals surface area (Å²) >= 11 is 1.69. The third-order valence-electron chi connectivity index (χ3n) is 3.70. The molecule has 0 radical (unpaired) electrons. The minimum absolute atomic E-state index is 0.165. The van der Waals surface area contributed by atoms with E-state index in [1.807, 2.05) is 41.6 Å². The van der Waals surface area contributed by atoms with E-state index in [2.05, 4.69) is 36.9 Å². The number of likely N-dealkylation sites (N-methyl/N-ethyl adjacent to an activating group) is 1. The predicted molar refractivity (Wildman–Crippen MR) is 92.8 cm³/mol. The molecule has 2 rings (SSSR count). The van der Waals surface area contributed by atoms with Crippen molar-refractivity contribution in [2.45, 2.75) is 33.0 Å². The molecule has 1 heterocycles. The lowest BCUT2D eigenvalue weighted by atomic mass is 10.2. The van der Waals surface area contributed by atoms with Gasteiger partial charge in [0.2, 0.25) is 5.91 Å². The van der Waals surface area contributed by atoms with Crippen LogP contribution < -0.4 is 0 Å². The van der Waals surface area contributed by atoms with Crippen LogP contribution >= 0.6 is 11.3 Å². The highest BCUT2D eigenvalue weighted by Gasteiger charge is 2.17. The van der Waals surface area contributed by atoms with Gasteiger partial charge in [0.1, 0.15) is 0 Å². The first-order valence-electron chi connectivity index (χ1n) is 7.60. The fourth-order valence-electron chi connectivity index (χ4n) is 2.26. The number of hydrogen-bond acceptors (Lipinski definition) is 3. The monoisotopic (exact) mass is 316 g/mol. The van der Waals surface area contributed by atoms with E-state index in [-0.39, 0.29) is 5.91 Å². The molecule has 0 aliphatic carbocycles. The molecule has 0 aliphatic rings. The molecule has 0 bridgehead atoms. The predicted octanol–water partition coefficient (Wildman–Crippen LogP) is 3.62. The second-order valence-corrected chi connectivity index (χ2v) is 6.85. The Hall–Kier alpha value is -1.65. The molecule has 22 heavy (non-hydrogen) atoms. The summed E-state index contributed by atoms with van der Waals surface area (Å²) in [5.41, 5.74) is 1.24. The Bertz CT molecular complexity index is 566. The molecule has 0 spiro atoms. The van der Waals surface area contributed by atoms with Gasteiger partial charge in [0, 0.05) is 24.5 Å². The molecule has 0 saturated carbocycles. The minimum Gasteiger partial charge on any atom is -0.340 e. The van der Waals surface area contributed by atoms with Gasteiger partial charge in [0.15, 0.2) is 0 Å². The quantitative estimate of drug-likeness (QED) is 0.779. The van der Waals surface area contributed by atoms with Crippen molar-refractivity contribution in [1.29, 1.82) is 0 Å². The van der Waals surface area contributed by atoms with Crippen LogP contribution in [-0.2, 0) is 17.9 Å². The van der Waals surface area contributed by atoms with Crippen LogP contribution in [0, 0.1) is 0 Å². The van der Waals surface area contributed by atoms with Crippen molar-refractivity contribution < 1.29 is 4.79 Å². The lowest BCUT2D eigenvalue weighted by Crippen LogP contribution is -2.40. The molecule has 1 amide bonds. The van der Waals surface area contributed by atoms with Crippen molar-refractivity contribution in [3.05, 3.63) is 58.3 Å². The van der Waals surface area contributed by atoms with E-state index < -0.39 is 0 Å². The lowest BCUT2D eigenvalue weighted by molar-refractivity contribution is -0.132. The Balaban J connectivity index is 1.93. The van der Waals surface area contributed by atoms with Crippen molar-refractivity contribution in [2.75, 3.05) is 13.6 Å². The van der Waals surface area contributed by atoms with E-state index in [0.717, 1.165) is 6.54 Å². The van der Waals surface area contributed by atoms with Crippen LogP contribution in [0.4, 0.5) is 0 Å². The van der Waals surface area contributed by atoms with Gasteiger partial charge >= 0.3 is 0 Å². The van der Waals surface area contributed by atoms with Gasteiger partial charge < -0.3 is 4.90 Å². The molecule has 3 nitrogen and oxygen atoms in total. The number of carbonyl (C=O) groups excluding carboxylic acids is 1. The lowest BCUT2D eigenvalue weighted by Gasteiger charge is -2.28. The summed E-state index contributed by atoms with van der Waals surface area (Å²) in [7, 11) is 1.88. The number of nitrogens with zero attached hydrogens (tertiary/aromatic N) is 2. The summed E-state index contributed by atoms with van der Waals surface area (Å²) in [6.45, 7) is 6.21. The third kappa shape index (κ3) is 4.97. The molecule has 118 valence electrons. The van der Waals surface area contributed by atoms with Crippen LogP contribution in [0.2, 0.25) is 0 Å². The van der Waals surface area contributed by atoms with E-state index in [0.29, 0.717) is 19.1 Å². The van der Waals surface area contributed by atoms with E-state index in [9.17, 15) is 4.79 Å². The van der Waals surface area contributed by atoms with E-state index in [1.165, 1.54) is 10.4 Å². The number of benzene rings is 1. The van der Waals surface area contributed by atoms with Gasteiger partial charge in [-0.1, -0.05) is 36.4 Å². The van der Waals surface area contributed by atoms with Gasteiger partial charge in [-0.2, -0.15) is 0 Å². The summed E-state index contributed by atoms with van der Waals surface area (Å²) < 4.78 is 0. The average Bonchev–Trinajstić information content (AvgIpc) is 3.00. The molecule has 0 aliphatic heterocycles. The number of hydrogen-bond donors (Lipinski definition) is 0. The molecular weight excluding hydrogens is 292 g/mol. The normalized spacial score (nSPS) is 11.1. The van der Waals surface area contributed by atoms with Gasteiger partial charge in [-0.05, 0) is 30.9 Å². The first-order chi connectivity index (χ1) is 10.6. The van der Waals surface area contributed by atoms with Crippen molar-refractivity contribution in [1.82, 2.24) is 9.80 Å². The molecule has 1 aromatic heterocycles. The minimum atomic E-state index is 0.165. The summed E-state index contributed by atoms with van der Waals surface area (Å²) in [4.78, 5) is 17.7. The molecule has 1 aromatic carbocycles. The zero-order chi connectivity index (χ0) is 15.9. The molecule has 2 aromatic rings. The maximum atomic E-state index is 12.5. The fraction of sp³-hybridized carbons (Fsp3) is 0.389. The molecule has 4 heteroatoms. The maximum Gasteiger partial charge on any atom is 0.236 e. The highest BCUT2D eigenvalue weighted by Crippen LogP contribution is 2.12. The molecule has 0 fully saturated rings. The van der Waals surface area contributed by atoms with Gasteiger partial charge in [-0.25, -0.2) is 0 Å². The Morgan fingerprint density at radius 2 is 1.82 bits per heavy atom. The maximum absolute atomic E-state index is 12.5. The Morgan fingerprint density at radius 3 is 2.41 bits per heavy atom. The topological polar surface area (TPSA) is 23.6 Å². The van der Waals surface area contributed by atoms with Gasteiger partial charge in [0.25, 0.3) is 0 Å². The van der Waals surface area contributed by atoms with Crippen LogP contribution in [-0.4, -0.2) is 35.3 Å². The third-order valence-corrected chi connectivity index (χ3v) is 4.56. The molecule has 0 atom stereocenters. The van der Waals surface area contributed by atoms with Crippen molar-refractivity contribution in [3.63, 3.8) is 0 Å². The first kappa shape index (κ1) is 16.7. The van der Waals surface area contributed by atoms with Crippen molar-refractivity contribution in [3.8, 4) is 0 Å². The van der Waals surface area contributed by atoms with Gasteiger partial charge in [0.05, 0.1) is 13.1 Å². The number of thiophene rings is 1. The Labute approximate surface area is 137 Å². The molecule has 0 unspecified atom stereocenters. The molecule has 0 N–H and O–H groups in total. The summed E-state index contributed by atoms with van der Waals surface area (Å²) in [5.74, 6) is 0.165. The second kappa shape index (κ2) is 8.11. The Kier molecular flexibility index (Phi) is 6.16. The number of carbonyl (C=O) groups is 1. The van der Waals surface area contributed by atoms with Crippen molar-refractivity contribution in [2.24, 2.45) is 0 Å². The van der Waals surface area contributed by atoms with E-state index >= 15 is 0 Å². The number of rotatable bonds is 7. The summed E-state index contributed by atoms with van der Waals surface area (Å²) in [5, 5.41) is 2.05. The average molecular weight is 316 g/mol. The largest absolute Gasteiger partial charge is 0.340 e. The Morgan fingerprint density at radius 1 is 1.09 bits per heavy atom. The van der Waals surface area contributed by atoms with E-state index in [4.69, 9.17) is 0 Å². The second-order valence-electron chi connectivity index (χ2n) is 5.81. The van der Waals surface area contributed by atoms with Gasteiger partial charge in [-0.3, -0.25) is 9.69 Å². The van der Waals surface area contributed by atoms with Crippen molar-refractivity contribution >= 4 is 17.2 Å². The standard InChI is InChI=1S/C18H24N2OS/c1-15(2)20(12-16-8-5-4-6-9-16)14-18(21)19(3)13-17-10-7-11-22-17/h4-11,15H,12-14H2,1-3H3. The number of amides is 1. The fourth-order valence-corrected chi connectivity index (χ4v) is 3.02. The van der Waals surface area contributed by atoms with Crippen LogP contribution in [0.1, 0.15) is 24.3 Å². The zero-order valence-corrected chi connectivity index (χ0v) is 14.3. The van der Waals surface area contributed by atoms with Crippen LogP contribution in [0.3, 0.4) is 0 Å². The highest BCUT2D eigenvalue weighted by molar-refractivity contribution is 7.09. The summed E-state index contributed by atoms with van der Waals surface area (Å²) in [6, 6.07) is 14.7. The van der Waals surface area contributed by atoms with Gasteiger partial charge in [-0.15, -0.1) is 11.3 Å². The van der Waals surface area contributed by atoms with Crippen LogP contribution in [0.5, 0.6) is 0 Å². The van der Waals surface area contributed by atoms with E-state index in [1.54, 1.807) is 11.3 Å². The SMILES string of the molecule is CC(C)N(CC(=O)N(C)Cc1cccs1)Cc1ccccc1. The van der Waals surface area contributed by atoms with Crippen LogP contribution in [0.15, 0.2) is 47.8 Å². The molecule has 0 saturated heterocycles. The highest BCUT2D eigenvalue weighted by atomic mass is 32.1. The van der Waals surface area contributed by atoms with Crippen LogP contribution in [0.25, 0.3) is 0 Å². The summed E-state index contributed by atoms with van der Waals surface area (Å²) in [6.07, 6.45) is 0. The zero-order valence-electron chi connectivity index (χ0n) is 13.5. The first-order valence-corrected chi connectivity index (χ1v) is 8.48. The smallest absolute Gasteiger partial charge is 0.236 e.